The third-order valence-corrected chi connectivity index (χ3v) is 3.56. The third kappa shape index (κ3) is 3.26. The Morgan fingerprint density at radius 1 is 1.47 bits per heavy atom. The molecule has 0 spiro atoms. The largest absolute Gasteiger partial charge is 0.508 e. The van der Waals surface area contributed by atoms with Crippen molar-refractivity contribution in [3.63, 3.8) is 0 Å². The highest BCUT2D eigenvalue weighted by molar-refractivity contribution is 5.69. The van der Waals surface area contributed by atoms with Crippen molar-refractivity contribution in [2.75, 3.05) is 6.61 Å². The van der Waals surface area contributed by atoms with Crippen LogP contribution in [0.4, 0.5) is 0 Å². The molecule has 4 nitrogen and oxygen atoms in total. The molecule has 0 aliphatic heterocycles. The molecule has 1 aromatic rings. The zero-order valence-electron chi connectivity index (χ0n) is 11.3. The van der Waals surface area contributed by atoms with E-state index in [0.717, 1.165) is 18.4 Å². The second kappa shape index (κ2) is 6.06. The zero-order chi connectivity index (χ0) is 13.8. The van der Waals surface area contributed by atoms with Crippen molar-refractivity contribution in [2.24, 2.45) is 5.73 Å². The Morgan fingerprint density at radius 2 is 2.26 bits per heavy atom. The van der Waals surface area contributed by atoms with Crippen molar-refractivity contribution in [3.8, 4) is 5.75 Å². The topological polar surface area (TPSA) is 72.5 Å². The molecule has 19 heavy (non-hydrogen) atoms. The van der Waals surface area contributed by atoms with E-state index in [-0.39, 0.29) is 12.0 Å². The highest BCUT2D eigenvalue weighted by Crippen LogP contribution is 2.32. The molecule has 0 fully saturated rings. The molecular weight excluding hydrogens is 242 g/mol. The molecule has 0 radical (unpaired) electrons. The van der Waals surface area contributed by atoms with Gasteiger partial charge in [0.15, 0.2) is 0 Å². The summed E-state index contributed by atoms with van der Waals surface area (Å²) in [6.45, 7) is 2.22. The minimum absolute atomic E-state index is 0.153. The number of ether oxygens (including phenoxy) is 1. The van der Waals surface area contributed by atoms with Gasteiger partial charge in [-0.1, -0.05) is 6.07 Å². The standard InChI is InChI=1S/C15H21NO3/c1-2-19-15(18)5-3-4-12-13-9-11(16)8-10(13)6-7-14(12)17/h6-7,11,17H,2-5,8-9,16H2,1H3. The van der Waals surface area contributed by atoms with E-state index in [1.54, 1.807) is 13.0 Å². The maximum atomic E-state index is 11.3. The highest BCUT2D eigenvalue weighted by atomic mass is 16.5. The average molecular weight is 263 g/mol. The van der Waals surface area contributed by atoms with Crippen LogP contribution in [-0.4, -0.2) is 23.7 Å². The smallest absolute Gasteiger partial charge is 0.305 e. The molecule has 4 heteroatoms. The summed E-state index contributed by atoms with van der Waals surface area (Å²) in [5, 5.41) is 9.97. The predicted octanol–water partition coefficient (Wildman–Crippen LogP) is 1.70. The van der Waals surface area contributed by atoms with Gasteiger partial charge in [-0.25, -0.2) is 0 Å². The van der Waals surface area contributed by atoms with Crippen LogP contribution in [0, 0.1) is 0 Å². The van der Waals surface area contributed by atoms with Crippen LogP contribution in [0.2, 0.25) is 0 Å². The number of fused-ring (bicyclic) bond motifs is 1. The molecule has 3 N–H and O–H groups in total. The van der Waals surface area contributed by atoms with Gasteiger partial charge in [0.05, 0.1) is 6.61 Å². The second-order valence-corrected chi connectivity index (χ2v) is 5.03. The maximum absolute atomic E-state index is 11.3. The summed E-state index contributed by atoms with van der Waals surface area (Å²) in [6.07, 6.45) is 3.47. The number of rotatable bonds is 5. The van der Waals surface area contributed by atoms with Gasteiger partial charge in [0.25, 0.3) is 0 Å². The predicted molar refractivity (Wildman–Crippen MR) is 73.1 cm³/mol. The summed E-state index contributed by atoms with van der Waals surface area (Å²) in [4.78, 5) is 11.3. The molecule has 1 aliphatic rings. The lowest BCUT2D eigenvalue weighted by atomic mass is 9.97. The van der Waals surface area contributed by atoms with Gasteiger partial charge in [-0.15, -0.1) is 0 Å². The van der Waals surface area contributed by atoms with Crippen molar-refractivity contribution < 1.29 is 14.6 Å². The van der Waals surface area contributed by atoms with Crippen molar-refractivity contribution in [1.29, 1.82) is 0 Å². The first-order valence-electron chi connectivity index (χ1n) is 6.85. The normalized spacial score (nSPS) is 17.3. The lowest BCUT2D eigenvalue weighted by Gasteiger charge is -2.10. The number of carbonyl (C=O) groups is 1. The number of aromatic hydroxyl groups is 1. The lowest BCUT2D eigenvalue weighted by Crippen LogP contribution is -2.19. The fourth-order valence-corrected chi connectivity index (χ4v) is 2.71. The molecule has 2 rings (SSSR count). The van der Waals surface area contributed by atoms with Crippen LogP contribution in [0.15, 0.2) is 12.1 Å². The first-order chi connectivity index (χ1) is 9.11. The average Bonchev–Trinajstić information content (AvgIpc) is 2.73. The van der Waals surface area contributed by atoms with Gasteiger partial charge in [-0.3, -0.25) is 4.79 Å². The number of hydrogen-bond donors (Lipinski definition) is 2. The van der Waals surface area contributed by atoms with Gasteiger partial charge in [0, 0.05) is 12.5 Å². The van der Waals surface area contributed by atoms with Crippen molar-refractivity contribution in [2.45, 2.75) is 45.1 Å². The molecule has 1 unspecified atom stereocenters. The van der Waals surface area contributed by atoms with E-state index >= 15 is 0 Å². The van der Waals surface area contributed by atoms with Crippen LogP contribution in [0.25, 0.3) is 0 Å². The Morgan fingerprint density at radius 3 is 3.00 bits per heavy atom. The Bertz CT molecular complexity index is 471. The SMILES string of the molecule is CCOC(=O)CCCc1c(O)ccc2c1CC(N)C2. The number of carbonyl (C=O) groups excluding carboxylic acids is 1. The van der Waals surface area contributed by atoms with Gasteiger partial charge in [0.1, 0.15) is 5.75 Å². The molecule has 0 saturated carbocycles. The van der Waals surface area contributed by atoms with Crippen molar-refractivity contribution in [1.82, 2.24) is 0 Å². The second-order valence-electron chi connectivity index (χ2n) is 5.03. The molecule has 1 atom stereocenters. The Labute approximate surface area is 113 Å². The van der Waals surface area contributed by atoms with Crippen molar-refractivity contribution in [3.05, 3.63) is 28.8 Å². The van der Waals surface area contributed by atoms with Crippen LogP contribution in [0.1, 0.15) is 36.5 Å². The minimum atomic E-state index is -0.175. The molecule has 0 aromatic heterocycles. The van der Waals surface area contributed by atoms with Crippen molar-refractivity contribution >= 4 is 5.97 Å². The van der Waals surface area contributed by atoms with Crippen LogP contribution in [0.5, 0.6) is 5.75 Å². The quantitative estimate of drug-likeness (QED) is 0.793. The van der Waals surface area contributed by atoms with Gasteiger partial charge in [-0.05, 0) is 55.4 Å². The fourth-order valence-electron chi connectivity index (χ4n) is 2.71. The summed E-state index contributed by atoms with van der Waals surface area (Å²) in [5.41, 5.74) is 9.33. The molecule has 1 aliphatic carbocycles. The van der Waals surface area contributed by atoms with E-state index in [2.05, 4.69) is 0 Å². The first kappa shape index (κ1) is 13.9. The van der Waals surface area contributed by atoms with Gasteiger partial charge in [0.2, 0.25) is 0 Å². The van der Waals surface area contributed by atoms with E-state index in [9.17, 15) is 9.90 Å². The van der Waals surface area contributed by atoms with Gasteiger partial charge >= 0.3 is 5.97 Å². The summed E-state index contributed by atoms with van der Waals surface area (Å²) in [7, 11) is 0. The monoisotopic (exact) mass is 263 g/mol. The Kier molecular flexibility index (Phi) is 4.43. The minimum Gasteiger partial charge on any atom is -0.508 e. The molecule has 0 amide bonds. The van der Waals surface area contributed by atoms with E-state index in [1.165, 1.54) is 11.1 Å². The molecule has 0 heterocycles. The fraction of sp³-hybridized carbons (Fsp3) is 0.533. The zero-order valence-corrected chi connectivity index (χ0v) is 11.3. The highest BCUT2D eigenvalue weighted by Gasteiger charge is 2.22. The van der Waals surface area contributed by atoms with Crippen LogP contribution in [-0.2, 0) is 28.8 Å². The number of hydrogen-bond acceptors (Lipinski definition) is 4. The Balaban J connectivity index is 2.01. The van der Waals surface area contributed by atoms with Gasteiger partial charge in [-0.2, -0.15) is 0 Å². The van der Waals surface area contributed by atoms with Gasteiger partial charge < -0.3 is 15.6 Å². The number of phenols is 1. The molecule has 0 saturated heterocycles. The summed E-state index contributed by atoms with van der Waals surface area (Å²) < 4.78 is 4.90. The molecule has 1 aromatic carbocycles. The maximum Gasteiger partial charge on any atom is 0.305 e. The van der Waals surface area contributed by atoms with E-state index in [4.69, 9.17) is 10.5 Å². The number of benzene rings is 1. The number of nitrogens with two attached hydrogens (primary N) is 1. The summed E-state index contributed by atoms with van der Waals surface area (Å²) in [6, 6.07) is 3.84. The number of phenolic OH excluding ortho intramolecular Hbond substituents is 1. The summed E-state index contributed by atoms with van der Waals surface area (Å²) in [5.74, 6) is 0.142. The van der Waals surface area contributed by atoms with E-state index in [0.29, 0.717) is 31.6 Å². The van der Waals surface area contributed by atoms with Crippen LogP contribution >= 0.6 is 0 Å². The lowest BCUT2D eigenvalue weighted by molar-refractivity contribution is -0.143. The van der Waals surface area contributed by atoms with Crippen LogP contribution < -0.4 is 5.73 Å². The third-order valence-electron chi connectivity index (χ3n) is 3.56. The molecule has 0 bridgehead atoms. The summed E-state index contributed by atoms with van der Waals surface area (Å²) >= 11 is 0. The number of esters is 1. The van der Waals surface area contributed by atoms with E-state index in [1.807, 2.05) is 6.07 Å². The first-order valence-corrected chi connectivity index (χ1v) is 6.85. The van der Waals surface area contributed by atoms with E-state index < -0.39 is 0 Å². The van der Waals surface area contributed by atoms with Crippen LogP contribution in [0.3, 0.4) is 0 Å². The molecular formula is C15H21NO3. The molecule has 104 valence electrons. The Hall–Kier alpha value is -1.55.